The van der Waals surface area contributed by atoms with Gasteiger partial charge in [0.25, 0.3) is 0 Å². The zero-order chi connectivity index (χ0) is 14.5. The Morgan fingerprint density at radius 2 is 2.05 bits per heavy atom. The van der Waals surface area contributed by atoms with Gasteiger partial charge in [0.05, 0.1) is 12.2 Å². The molecule has 0 saturated carbocycles. The molecule has 1 aromatic carbocycles. The third-order valence-electron chi connectivity index (χ3n) is 2.99. The van der Waals surface area contributed by atoms with Gasteiger partial charge in [-0.2, -0.15) is 5.10 Å². The summed E-state index contributed by atoms with van der Waals surface area (Å²) in [7, 11) is 3.56. The summed E-state index contributed by atoms with van der Waals surface area (Å²) in [6, 6.07) is 7.85. The van der Waals surface area contributed by atoms with Crippen LogP contribution in [0.4, 0.5) is 4.39 Å². The van der Waals surface area contributed by atoms with Crippen molar-refractivity contribution in [3.8, 4) is 0 Å². The van der Waals surface area contributed by atoms with Crippen LogP contribution < -0.4 is 0 Å². The minimum atomic E-state index is -0.290. The highest BCUT2D eigenvalue weighted by atomic mass is 19.1. The maximum Gasteiger partial charge on any atom is 0.246 e. The molecule has 5 heteroatoms. The molecule has 0 fully saturated rings. The first-order valence-corrected chi connectivity index (χ1v) is 6.22. The second kappa shape index (κ2) is 6.14. The van der Waals surface area contributed by atoms with Gasteiger partial charge < -0.3 is 4.90 Å². The predicted octanol–water partition coefficient (Wildman–Crippen LogP) is 2.23. The van der Waals surface area contributed by atoms with Crippen LogP contribution in [-0.2, 0) is 18.4 Å². The first kappa shape index (κ1) is 14.0. The van der Waals surface area contributed by atoms with E-state index in [0.29, 0.717) is 6.54 Å². The van der Waals surface area contributed by atoms with E-state index in [9.17, 15) is 9.18 Å². The van der Waals surface area contributed by atoms with Gasteiger partial charge in [-0.25, -0.2) is 4.39 Å². The summed E-state index contributed by atoms with van der Waals surface area (Å²) in [5, 5.41) is 4.06. The molecule has 0 aliphatic carbocycles. The molecule has 0 radical (unpaired) electrons. The summed E-state index contributed by atoms with van der Waals surface area (Å²) in [5.74, 6) is -0.405. The molecule has 1 heterocycles. The maximum absolute atomic E-state index is 12.8. The number of hydrogen-bond donors (Lipinski definition) is 0. The number of hydrogen-bond acceptors (Lipinski definition) is 2. The van der Waals surface area contributed by atoms with Crippen molar-refractivity contribution >= 4 is 12.0 Å². The van der Waals surface area contributed by atoms with Crippen molar-refractivity contribution in [2.24, 2.45) is 7.05 Å². The van der Waals surface area contributed by atoms with E-state index in [2.05, 4.69) is 5.10 Å². The number of halogens is 1. The zero-order valence-corrected chi connectivity index (χ0v) is 11.5. The van der Waals surface area contributed by atoms with Gasteiger partial charge in [-0.1, -0.05) is 12.1 Å². The van der Waals surface area contributed by atoms with Crippen molar-refractivity contribution in [1.29, 1.82) is 0 Å². The van der Waals surface area contributed by atoms with E-state index in [1.807, 2.05) is 13.1 Å². The molecule has 0 spiro atoms. The summed E-state index contributed by atoms with van der Waals surface area (Å²) in [6.07, 6.45) is 4.84. The Hall–Kier alpha value is -2.43. The lowest BCUT2D eigenvalue weighted by Gasteiger charge is -2.14. The van der Waals surface area contributed by atoms with E-state index in [-0.39, 0.29) is 11.7 Å². The fourth-order valence-corrected chi connectivity index (χ4v) is 1.75. The number of carbonyl (C=O) groups excluding carboxylic acids is 1. The predicted molar refractivity (Wildman–Crippen MR) is 75.1 cm³/mol. The largest absolute Gasteiger partial charge is 0.336 e. The molecule has 0 unspecified atom stereocenters. The molecule has 1 aromatic heterocycles. The Kier molecular flexibility index (Phi) is 4.30. The van der Waals surface area contributed by atoms with E-state index in [4.69, 9.17) is 0 Å². The fourth-order valence-electron chi connectivity index (χ4n) is 1.75. The molecular formula is C15H16FN3O. The normalized spacial score (nSPS) is 10.9. The summed E-state index contributed by atoms with van der Waals surface area (Å²) < 4.78 is 14.5. The van der Waals surface area contributed by atoms with Gasteiger partial charge in [0.2, 0.25) is 5.91 Å². The Morgan fingerprint density at radius 1 is 1.35 bits per heavy atom. The summed E-state index contributed by atoms with van der Waals surface area (Å²) in [4.78, 5) is 13.6. The molecule has 104 valence electrons. The second-order valence-corrected chi connectivity index (χ2v) is 4.53. The minimum absolute atomic E-state index is 0.115. The van der Waals surface area contributed by atoms with Crippen molar-refractivity contribution in [3.63, 3.8) is 0 Å². The highest BCUT2D eigenvalue weighted by molar-refractivity contribution is 5.91. The van der Waals surface area contributed by atoms with Gasteiger partial charge >= 0.3 is 0 Å². The van der Waals surface area contributed by atoms with E-state index in [0.717, 1.165) is 11.3 Å². The average molecular weight is 273 g/mol. The molecule has 1 amide bonds. The molecule has 0 atom stereocenters. The number of nitrogens with zero attached hydrogens (tertiary/aromatic N) is 3. The van der Waals surface area contributed by atoms with Gasteiger partial charge in [-0.15, -0.1) is 0 Å². The van der Waals surface area contributed by atoms with Crippen LogP contribution in [0.15, 0.2) is 42.6 Å². The van der Waals surface area contributed by atoms with E-state index < -0.39 is 0 Å². The van der Waals surface area contributed by atoms with Gasteiger partial charge in [0, 0.05) is 26.4 Å². The van der Waals surface area contributed by atoms with Gasteiger partial charge in [0.1, 0.15) is 5.82 Å². The average Bonchev–Trinajstić information content (AvgIpc) is 2.83. The van der Waals surface area contributed by atoms with Crippen molar-refractivity contribution in [2.75, 3.05) is 7.05 Å². The van der Waals surface area contributed by atoms with Crippen LogP contribution >= 0.6 is 0 Å². The van der Waals surface area contributed by atoms with Crippen LogP contribution in [0.3, 0.4) is 0 Å². The summed E-state index contributed by atoms with van der Waals surface area (Å²) in [5.41, 5.74) is 1.74. The quantitative estimate of drug-likeness (QED) is 0.801. The molecule has 0 saturated heterocycles. The molecule has 2 aromatic rings. The highest BCUT2D eigenvalue weighted by Crippen LogP contribution is 2.06. The third-order valence-corrected chi connectivity index (χ3v) is 2.99. The van der Waals surface area contributed by atoms with Crippen molar-refractivity contribution in [1.82, 2.24) is 14.7 Å². The van der Waals surface area contributed by atoms with E-state index in [1.54, 1.807) is 41.0 Å². The summed E-state index contributed by atoms with van der Waals surface area (Å²) in [6.45, 7) is 0.489. The fraction of sp³-hybridized carbons (Fsp3) is 0.200. The van der Waals surface area contributed by atoms with E-state index >= 15 is 0 Å². The number of carbonyl (C=O) groups is 1. The number of amides is 1. The Bertz CT molecular complexity index is 616. The van der Waals surface area contributed by atoms with E-state index in [1.165, 1.54) is 18.2 Å². The lowest BCUT2D eigenvalue weighted by atomic mass is 10.2. The van der Waals surface area contributed by atoms with Crippen molar-refractivity contribution in [3.05, 3.63) is 59.7 Å². The van der Waals surface area contributed by atoms with Gasteiger partial charge in [0.15, 0.2) is 0 Å². The molecule has 0 aliphatic heterocycles. The lowest BCUT2D eigenvalue weighted by Crippen LogP contribution is -2.25. The molecule has 2 rings (SSSR count). The lowest BCUT2D eigenvalue weighted by molar-refractivity contribution is -0.125. The number of rotatable bonds is 4. The van der Waals surface area contributed by atoms with Crippen LogP contribution in [0.5, 0.6) is 0 Å². The topological polar surface area (TPSA) is 38.1 Å². The van der Waals surface area contributed by atoms with Crippen LogP contribution in [0.2, 0.25) is 0 Å². The number of aryl methyl sites for hydroxylation is 1. The third kappa shape index (κ3) is 3.54. The smallest absolute Gasteiger partial charge is 0.246 e. The van der Waals surface area contributed by atoms with Crippen LogP contribution in [0.1, 0.15) is 11.3 Å². The SMILES string of the molecule is CN(Cc1ccnn1C)C(=O)/C=C/c1ccc(F)cc1. The number of benzene rings is 1. The molecule has 0 bridgehead atoms. The number of aromatic nitrogens is 2. The Balaban J connectivity index is 1.97. The standard InChI is InChI=1S/C15H16FN3O/c1-18(11-14-9-10-17-19(14)2)15(20)8-5-12-3-6-13(16)7-4-12/h3-10H,11H2,1-2H3/b8-5+. The van der Waals surface area contributed by atoms with Crippen LogP contribution in [0, 0.1) is 5.82 Å². The highest BCUT2D eigenvalue weighted by Gasteiger charge is 2.07. The monoisotopic (exact) mass is 273 g/mol. The molecule has 4 nitrogen and oxygen atoms in total. The molecular weight excluding hydrogens is 257 g/mol. The minimum Gasteiger partial charge on any atom is -0.336 e. The van der Waals surface area contributed by atoms with Crippen LogP contribution in [0.25, 0.3) is 6.08 Å². The van der Waals surface area contributed by atoms with Crippen molar-refractivity contribution in [2.45, 2.75) is 6.54 Å². The zero-order valence-electron chi connectivity index (χ0n) is 11.5. The van der Waals surface area contributed by atoms with Crippen molar-refractivity contribution < 1.29 is 9.18 Å². The first-order valence-electron chi connectivity index (χ1n) is 6.22. The first-order chi connectivity index (χ1) is 9.56. The second-order valence-electron chi connectivity index (χ2n) is 4.53. The van der Waals surface area contributed by atoms with Crippen LogP contribution in [-0.4, -0.2) is 27.6 Å². The molecule has 20 heavy (non-hydrogen) atoms. The van der Waals surface area contributed by atoms with Gasteiger partial charge in [-0.3, -0.25) is 9.48 Å². The van der Waals surface area contributed by atoms with Gasteiger partial charge in [-0.05, 0) is 29.8 Å². The summed E-state index contributed by atoms with van der Waals surface area (Å²) >= 11 is 0. The molecule has 0 N–H and O–H groups in total. The maximum atomic E-state index is 12.8. The number of likely N-dealkylation sites (N-methyl/N-ethyl adjacent to an activating group) is 1. The Labute approximate surface area is 117 Å². The Morgan fingerprint density at radius 3 is 2.65 bits per heavy atom. The molecule has 0 aliphatic rings.